The number of anilines is 6. The zero-order chi connectivity index (χ0) is 46.0. The molecule has 64 heavy (non-hydrogen) atoms. The molecule has 328 valence electrons. The lowest BCUT2D eigenvalue weighted by Crippen LogP contribution is -2.12. The zero-order valence-electron chi connectivity index (χ0n) is 31.9. The van der Waals surface area contributed by atoms with Crippen LogP contribution in [0.3, 0.4) is 0 Å². The summed E-state index contributed by atoms with van der Waals surface area (Å²) in [7, 11) is -18.7. The minimum absolute atomic E-state index is 0.0125. The van der Waals surface area contributed by atoms with Crippen LogP contribution in [0.25, 0.3) is 10.8 Å². The van der Waals surface area contributed by atoms with Gasteiger partial charge >= 0.3 is 0 Å². The number of azo groups is 2. The van der Waals surface area contributed by atoms with Crippen LogP contribution in [-0.4, -0.2) is 67.4 Å². The highest BCUT2D eigenvalue weighted by Crippen LogP contribution is 2.43. The number of sulfonamides is 1. The molecule has 0 atom stereocenters. The quantitative estimate of drug-likeness (QED) is 0.0395. The monoisotopic (exact) mass is 947 g/mol. The number of rotatable bonds is 14. The second-order valence-electron chi connectivity index (χ2n) is 13.1. The average molecular weight is 948 g/mol. The largest absolute Gasteiger partial charge is 0.505 e. The molecule has 6 aromatic carbocycles. The number of hydrogen-bond donors (Lipinski definition) is 8. The summed E-state index contributed by atoms with van der Waals surface area (Å²) >= 11 is 0. The van der Waals surface area contributed by atoms with Crippen molar-refractivity contribution in [3.8, 4) is 5.75 Å². The number of aromatic hydroxyl groups is 1. The molecule has 0 aliphatic heterocycles. The van der Waals surface area contributed by atoms with E-state index >= 15 is 0 Å². The number of aromatic nitrogens is 3. The fourth-order valence-corrected chi connectivity index (χ4v) is 8.02. The molecule has 0 aliphatic carbocycles. The lowest BCUT2D eigenvalue weighted by atomic mass is 10.1. The summed E-state index contributed by atoms with van der Waals surface area (Å²) in [6, 6.07) is 27.1. The third kappa shape index (κ3) is 10.8. The van der Waals surface area contributed by atoms with Crippen molar-refractivity contribution in [2.45, 2.75) is 19.6 Å². The van der Waals surface area contributed by atoms with Gasteiger partial charge in [0.2, 0.25) is 27.9 Å². The molecule has 0 fully saturated rings. The highest BCUT2D eigenvalue weighted by molar-refractivity contribution is 7.89. The number of nitrogens with two attached hydrogens (primary N) is 1. The smallest absolute Gasteiger partial charge is 0.296 e. The van der Waals surface area contributed by atoms with E-state index < -0.39 is 72.2 Å². The summed E-state index contributed by atoms with van der Waals surface area (Å²) in [4.78, 5) is 10.7. The van der Waals surface area contributed by atoms with Crippen molar-refractivity contribution in [3.63, 3.8) is 0 Å². The molecule has 0 bridgehead atoms. The third-order valence-electron chi connectivity index (χ3n) is 8.56. The van der Waals surface area contributed by atoms with Gasteiger partial charge in [0.25, 0.3) is 30.4 Å². The summed E-state index contributed by atoms with van der Waals surface area (Å²) in [5.41, 5.74) is -0.303. The molecule has 0 radical (unpaired) electrons. The number of nitrogens with zero attached hydrogens (tertiary/aromatic N) is 7. The van der Waals surface area contributed by atoms with Crippen molar-refractivity contribution < 1.29 is 52.4 Å². The summed E-state index contributed by atoms with van der Waals surface area (Å²) in [5.74, 6) is -0.883. The molecule has 7 rings (SSSR count). The molecular formula is C37H29N11O12S4. The first kappa shape index (κ1) is 44.7. The van der Waals surface area contributed by atoms with Crippen LogP contribution in [0.2, 0.25) is 0 Å². The molecule has 27 heteroatoms. The molecule has 0 saturated carbocycles. The molecule has 23 nitrogen and oxygen atoms in total. The minimum atomic E-state index is -5.17. The zero-order valence-corrected chi connectivity index (χ0v) is 35.2. The van der Waals surface area contributed by atoms with E-state index in [-0.39, 0.29) is 56.3 Å². The molecule has 9 N–H and O–H groups in total. The number of benzene rings is 6. The van der Waals surface area contributed by atoms with Crippen LogP contribution in [-0.2, 0) is 40.4 Å². The van der Waals surface area contributed by atoms with E-state index in [0.29, 0.717) is 5.69 Å². The van der Waals surface area contributed by atoms with Gasteiger partial charge in [-0.3, -0.25) is 13.7 Å². The van der Waals surface area contributed by atoms with E-state index in [4.69, 9.17) is 9.69 Å². The maximum Gasteiger partial charge on any atom is 0.296 e. The van der Waals surface area contributed by atoms with Crippen LogP contribution in [0, 0.1) is 0 Å². The lowest BCUT2D eigenvalue weighted by molar-refractivity contribution is 0.472. The van der Waals surface area contributed by atoms with Crippen LogP contribution in [0.15, 0.2) is 161 Å². The SMILES string of the molecule is NS(=O)(=O)c1cccc(Nc2nc(Nc3ccccc3)nc(Nc3ccc4c(O)c(N=Nc5ccc(N=Nc6ccc(S(=O)(=O)O)cc6)cc5S(=O)(=O)O)c(S(=O)(=O)O)cc4c3)n2)c1. The molecule has 0 unspecified atom stereocenters. The van der Waals surface area contributed by atoms with E-state index in [9.17, 15) is 47.9 Å². The number of phenols is 1. The molecule has 1 aromatic heterocycles. The van der Waals surface area contributed by atoms with Crippen LogP contribution in [0.1, 0.15) is 0 Å². The Morgan fingerprint density at radius 2 is 1.05 bits per heavy atom. The van der Waals surface area contributed by atoms with Crippen LogP contribution >= 0.6 is 0 Å². The van der Waals surface area contributed by atoms with E-state index in [1.165, 1.54) is 54.6 Å². The average Bonchev–Trinajstić information content (AvgIpc) is 3.22. The van der Waals surface area contributed by atoms with Crippen molar-refractivity contribution in [3.05, 3.63) is 121 Å². The molecule has 0 spiro atoms. The fraction of sp³-hybridized carbons (Fsp3) is 0. The number of para-hydroxylation sites is 1. The van der Waals surface area contributed by atoms with E-state index in [1.54, 1.807) is 36.4 Å². The van der Waals surface area contributed by atoms with Crippen molar-refractivity contribution in [1.29, 1.82) is 0 Å². The molecular weight excluding hydrogens is 919 g/mol. The fourth-order valence-electron chi connectivity index (χ4n) is 5.68. The van der Waals surface area contributed by atoms with E-state index in [1.807, 2.05) is 0 Å². The predicted octanol–water partition coefficient (Wildman–Crippen LogP) is 7.18. The van der Waals surface area contributed by atoms with Crippen molar-refractivity contribution in [2.75, 3.05) is 16.0 Å². The second kappa shape index (κ2) is 17.4. The second-order valence-corrected chi connectivity index (χ2v) is 18.9. The van der Waals surface area contributed by atoms with E-state index in [0.717, 1.165) is 30.3 Å². The Morgan fingerprint density at radius 1 is 0.484 bits per heavy atom. The number of hydrogen-bond acceptors (Lipinski definition) is 19. The maximum atomic E-state index is 12.7. The molecule has 0 amide bonds. The number of primary sulfonamides is 1. The topological polar surface area (TPSA) is 368 Å². The molecule has 7 aromatic rings. The Hall–Kier alpha value is -7.37. The predicted molar refractivity (Wildman–Crippen MR) is 230 cm³/mol. The normalized spacial score (nSPS) is 12.5. The van der Waals surface area contributed by atoms with Crippen molar-refractivity contribution in [2.24, 2.45) is 25.6 Å². The molecule has 0 aliphatic rings. The van der Waals surface area contributed by atoms with E-state index in [2.05, 4.69) is 51.4 Å². The van der Waals surface area contributed by atoms with Gasteiger partial charge in [-0.1, -0.05) is 24.3 Å². The van der Waals surface area contributed by atoms with Gasteiger partial charge in [-0.2, -0.15) is 50.4 Å². The standard InChI is InChI=1S/C37H29N11O12S4/c38-61(50,51)28-8-4-7-24(19-28)40-36-42-35(39-22-5-2-1-3-6-22)43-37(44-36)41-25-11-15-29-21(17-25)18-32(64(58,59)60)33(34(29)49)48-47-30-16-12-26(20-31(30)63(55,56)57)46-45-23-9-13-27(14-10-23)62(52,53)54/h1-20,49H,(H2,38,50,51)(H,52,53,54)(H,55,56,57)(H,58,59,60)(H3,39,40,41,42,43,44). The summed E-state index contributed by atoms with van der Waals surface area (Å²) in [6.45, 7) is 0. The first-order valence-corrected chi connectivity index (χ1v) is 23.5. The van der Waals surface area contributed by atoms with Gasteiger partial charge in [-0.25, -0.2) is 13.6 Å². The Kier molecular flexibility index (Phi) is 12.2. The van der Waals surface area contributed by atoms with Gasteiger partial charge in [-0.15, -0.1) is 10.2 Å². The van der Waals surface area contributed by atoms with Gasteiger partial charge in [0.1, 0.15) is 21.2 Å². The van der Waals surface area contributed by atoms with Gasteiger partial charge in [0.15, 0.2) is 5.75 Å². The van der Waals surface area contributed by atoms with Crippen LogP contribution in [0.4, 0.5) is 57.7 Å². The van der Waals surface area contributed by atoms with Gasteiger partial charge in [0.05, 0.1) is 21.2 Å². The minimum Gasteiger partial charge on any atom is -0.505 e. The van der Waals surface area contributed by atoms with Crippen LogP contribution in [0.5, 0.6) is 5.75 Å². The summed E-state index contributed by atoms with van der Waals surface area (Å²) in [6.07, 6.45) is 0. The Labute approximate surface area is 362 Å². The van der Waals surface area contributed by atoms with Gasteiger partial charge in [-0.05, 0) is 102 Å². The van der Waals surface area contributed by atoms with Crippen molar-refractivity contribution in [1.82, 2.24) is 15.0 Å². The number of phenolic OH excluding ortho intramolecular Hbond substituents is 1. The molecule has 0 saturated heterocycles. The third-order valence-corrected chi connectivity index (χ3v) is 12.1. The number of fused-ring (bicyclic) bond motifs is 1. The highest BCUT2D eigenvalue weighted by atomic mass is 32.2. The maximum absolute atomic E-state index is 12.7. The Morgan fingerprint density at radius 3 is 1.64 bits per heavy atom. The first-order valence-electron chi connectivity index (χ1n) is 17.6. The summed E-state index contributed by atoms with van der Waals surface area (Å²) < 4.78 is 126. The van der Waals surface area contributed by atoms with Gasteiger partial charge in [0, 0.05) is 22.4 Å². The number of nitrogens with one attached hydrogen (secondary N) is 3. The lowest BCUT2D eigenvalue weighted by Gasteiger charge is -2.13. The van der Waals surface area contributed by atoms with Crippen LogP contribution < -0.4 is 21.1 Å². The molecule has 1 heterocycles. The Balaban J connectivity index is 1.21. The highest BCUT2D eigenvalue weighted by Gasteiger charge is 2.24. The van der Waals surface area contributed by atoms with Gasteiger partial charge < -0.3 is 21.1 Å². The first-order chi connectivity index (χ1) is 30.1. The Bertz CT molecular complexity index is 3490. The summed E-state index contributed by atoms with van der Waals surface area (Å²) in [5, 5.41) is 40.7. The van der Waals surface area contributed by atoms with Crippen molar-refractivity contribution >= 4 is 109 Å².